The molecule has 0 N–H and O–H groups in total. The first kappa shape index (κ1) is 10.6. The first-order chi connectivity index (χ1) is 6.86. The zero-order valence-electron chi connectivity index (χ0n) is 6.81. The standard InChI is InChI=1S/C6H4N6S2/c7-9-11-13-5-2-1-3-6(4-5)14-12-10-8/h1-4H. The summed E-state index contributed by atoms with van der Waals surface area (Å²) in [4.78, 5) is 6.86. The largest absolute Gasteiger partial charge is 0.0600 e. The lowest BCUT2D eigenvalue weighted by atomic mass is 10.4. The molecule has 8 heteroatoms. The Balaban J connectivity index is 2.77. The molecule has 0 aliphatic carbocycles. The minimum Gasteiger partial charge on any atom is -0.0600 e. The van der Waals surface area contributed by atoms with E-state index in [1.165, 1.54) is 0 Å². The van der Waals surface area contributed by atoms with E-state index in [2.05, 4.69) is 18.9 Å². The van der Waals surface area contributed by atoms with Crippen molar-refractivity contribution >= 4 is 23.9 Å². The number of nitrogens with zero attached hydrogens (tertiary/aromatic N) is 6. The van der Waals surface area contributed by atoms with E-state index < -0.39 is 0 Å². The van der Waals surface area contributed by atoms with Crippen molar-refractivity contribution in [2.45, 2.75) is 9.79 Å². The molecule has 0 amide bonds. The number of azide groups is 2. The second kappa shape index (κ2) is 6.06. The van der Waals surface area contributed by atoms with Crippen LogP contribution in [0.3, 0.4) is 0 Å². The fourth-order valence-corrected chi connectivity index (χ4v) is 1.69. The van der Waals surface area contributed by atoms with E-state index in [9.17, 15) is 0 Å². The van der Waals surface area contributed by atoms with Crippen LogP contribution in [0.15, 0.2) is 43.1 Å². The summed E-state index contributed by atoms with van der Waals surface area (Å²) in [6.07, 6.45) is 0. The van der Waals surface area contributed by atoms with Gasteiger partial charge in [-0.05, 0) is 62.2 Å². The Labute approximate surface area is 88.2 Å². The SMILES string of the molecule is [N-]=[N+]=NSc1cccc(SN=[N+]=[N-])c1. The molecule has 1 aromatic rings. The van der Waals surface area contributed by atoms with E-state index in [1.807, 2.05) is 0 Å². The molecule has 0 fully saturated rings. The Morgan fingerprint density at radius 2 is 1.50 bits per heavy atom. The Kier molecular flexibility index (Phi) is 4.60. The average molecular weight is 224 g/mol. The second-order valence-corrected chi connectivity index (χ2v) is 3.63. The van der Waals surface area contributed by atoms with Gasteiger partial charge < -0.3 is 0 Å². The molecule has 0 aliphatic rings. The van der Waals surface area contributed by atoms with E-state index in [0.717, 1.165) is 33.7 Å². The van der Waals surface area contributed by atoms with E-state index in [1.54, 1.807) is 24.3 Å². The van der Waals surface area contributed by atoms with Gasteiger partial charge in [-0.15, -0.1) is 0 Å². The highest BCUT2D eigenvalue weighted by atomic mass is 32.2. The molecule has 0 radical (unpaired) electrons. The molecular formula is C6H4N6S2. The lowest BCUT2D eigenvalue weighted by Crippen LogP contribution is -1.70. The molecule has 0 saturated carbocycles. The summed E-state index contributed by atoms with van der Waals surface area (Å²) in [5.74, 6) is 0. The summed E-state index contributed by atoms with van der Waals surface area (Å²) in [6, 6.07) is 7.18. The van der Waals surface area contributed by atoms with Gasteiger partial charge in [-0.2, -0.15) is 0 Å². The van der Waals surface area contributed by atoms with Gasteiger partial charge in [-0.3, -0.25) is 0 Å². The highest BCUT2D eigenvalue weighted by Crippen LogP contribution is 2.26. The molecule has 0 aromatic heterocycles. The molecule has 0 heterocycles. The maximum absolute atomic E-state index is 8.10. The number of rotatable bonds is 4. The molecule has 6 nitrogen and oxygen atoms in total. The molecule has 1 rings (SSSR count). The molecule has 0 saturated heterocycles. The van der Waals surface area contributed by atoms with E-state index >= 15 is 0 Å². The van der Waals surface area contributed by atoms with Crippen LogP contribution in [0.5, 0.6) is 0 Å². The van der Waals surface area contributed by atoms with Crippen molar-refractivity contribution in [1.29, 1.82) is 0 Å². The zero-order chi connectivity index (χ0) is 10.2. The number of hydrogen-bond donors (Lipinski definition) is 0. The molecule has 0 atom stereocenters. The fraction of sp³-hybridized carbons (Fsp3) is 0. The third-order valence-electron chi connectivity index (χ3n) is 1.17. The summed E-state index contributed by atoms with van der Waals surface area (Å²) in [5, 5.41) is 0. The van der Waals surface area contributed by atoms with Gasteiger partial charge >= 0.3 is 0 Å². The lowest BCUT2D eigenvalue weighted by molar-refractivity contribution is 1.33. The van der Waals surface area contributed by atoms with Gasteiger partial charge in [-0.1, -0.05) is 6.07 Å². The molecule has 0 aliphatic heterocycles. The van der Waals surface area contributed by atoms with Crippen LogP contribution in [0.1, 0.15) is 0 Å². The van der Waals surface area contributed by atoms with Gasteiger partial charge in [-0.25, -0.2) is 0 Å². The number of benzene rings is 1. The minimum atomic E-state index is 0.806. The van der Waals surface area contributed by atoms with Crippen molar-refractivity contribution in [3.8, 4) is 0 Å². The first-order valence-corrected chi connectivity index (χ1v) is 4.94. The topological polar surface area (TPSA) is 97.5 Å². The molecular weight excluding hydrogens is 220 g/mol. The van der Waals surface area contributed by atoms with Crippen LogP contribution < -0.4 is 0 Å². The highest BCUT2D eigenvalue weighted by molar-refractivity contribution is 7.98. The zero-order valence-corrected chi connectivity index (χ0v) is 8.44. The van der Waals surface area contributed by atoms with E-state index in [4.69, 9.17) is 11.1 Å². The Morgan fingerprint density at radius 3 is 1.93 bits per heavy atom. The lowest BCUT2D eigenvalue weighted by Gasteiger charge is -1.97. The molecule has 70 valence electrons. The minimum absolute atomic E-state index is 0.806. The molecule has 1 aromatic carbocycles. The van der Waals surface area contributed by atoms with Gasteiger partial charge in [0.1, 0.15) is 0 Å². The van der Waals surface area contributed by atoms with Crippen LogP contribution in [0.4, 0.5) is 0 Å². The highest BCUT2D eigenvalue weighted by Gasteiger charge is 1.94. The Hall–Kier alpha value is -1.46. The van der Waals surface area contributed by atoms with Gasteiger partial charge in [0.15, 0.2) is 0 Å². The van der Waals surface area contributed by atoms with Crippen molar-refractivity contribution in [2.24, 2.45) is 9.04 Å². The summed E-state index contributed by atoms with van der Waals surface area (Å²) in [7, 11) is 0. The van der Waals surface area contributed by atoms with Crippen molar-refractivity contribution in [3.05, 3.63) is 45.2 Å². The van der Waals surface area contributed by atoms with Gasteiger partial charge in [0.25, 0.3) is 0 Å². The predicted molar refractivity (Wildman–Crippen MR) is 56.4 cm³/mol. The van der Waals surface area contributed by atoms with Crippen LogP contribution in [0, 0.1) is 0 Å². The average Bonchev–Trinajstić information content (AvgIpc) is 2.24. The van der Waals surface area contributed by atoms with Crippen LogP contribution in [0.2, 0.25) is 0 Å². The Morgan fingerprint density at radius 1 is 1.00 bits per heavy atom. The maximum atomic E-state index is 8.10. The van der Waals surface area contributed by atoms with Crippen LogP contribution in [-0.2, 0) is 0 Å². The van der Waals surface area contributed by atoms with Crippen LogP contribution >= 0.6 is 23.9 Å². The molecule has 0 spiro atoms. The van der Waals surface area contributed by atoms with Crippen molar-refractivity contribution in [1.82, 2.24) is 0 Å². The van der Waals surface area contributed by atoms with Gasteiger partial charge in [0, 0.05) is 19.6 Å². The summed E-state index contributed by atoms with van der Waals surface area (Å²) < 4.78 is 6.70. The summed E-state index contributed by atoms with van der Waals surface area (Å²) in [6.45, 7) is 0. The normalized spacial score (nSPS) is 8.57. The smallest absolute Gasteiger partial charge is 0.0156 e. The maximum Gasteiger partial charge on any atom is 0.0156 e. The van der Waals surface area contributed by atoms with E-state index in [-0.39, 0.29) is 0 Å². The number of hydrogen-bond acceptors (Lipinski definition) is 4. The van der Waals surface area contributed by atoms with Crippen LogP contribution in [-0.4, -0.2) is 0 Å². The molecule has 0 unspecified atom stereocenters. The third-order valence-corrected chi connectivity index (χ3v) is 2.41. The summed E-state index contributed by atoms with van der Waals surface area (Å²) in [5.41, 5.74) is 16.2. The van der Waals surface area contributed by atoms with Crippen LogP contribution in [0.25, 0.3) is 20.9 Å². The van der Waals surface area contributed by atoms with Crippen molar-refractivity contribution in [3.63, 3.8) is 0 Å². The monoisotopic (exact) mass is 224 g/mol. The summed E-state index contributed by atoms with van der Waals surface area (Å²) >= 11 is 2.06. The van der Waals surface area contributed by atoms with Gasteiger partial charge in [0.05, 0.1) is 0 Å². The fourth-order valence-electron chi connectivity index (χ4n) is 0.719. The van der Waals surface area contributed by atoms with Crippen molar-refractivity contribution in [2.75, 3.05) is 0 Å². The Bertz CT molecular complexity index is 371. The first-order valence-electron chi connectivity index (χ1n) is 3.39. The second-order valence-electron chi connectivity index (χ2n) is 2.00. The quantitative estimate of drug-likeness (QED) is 0.329. The third kappa shape index (κ3) is 3.51. The molecule has 0 bridgehead atoms. The molecule has 14 heavy (non-hydrogen) atoms. The van der Waals surface area contributed by atoms with E-state index in [0.29, 0.717) is 0 Å². The van der Waals surface area contributed by atoms with Gasteiger partial charge in [0.2, 0.25) is 0 Å². The predicted octanol–water partition coefficient (Wildman–Crippen LogP) is 4.32. The van der Waals surface area contributed by atoms with Crippen molar-refractivity contribution < 1.29 is 0 Å².